The van der Waals surface area contributed by atoms with Crippen LogP contribution in [0, 0.1) is 5.82 Å². The maximum absolute atomic E-state index is 13.5. The van der Waals surface area contributed by atoms with E-state index in [2.05, 4.69) is 5.32 Å². The number of anilines is 2. The van der Waals surface area contributed by atoms with Gasteiger partial charge in [0.05, 0.1) is 16.3 Å². The quantitative estimate of drug-likeness (QED) is 0.933. The van der Waals surface area contributed by atoms with Gasteiger partial charge in [0, 0.05) is 19.8 Å². The van der Waals surface area contributed by atoms with Crippen LogP contribution in [0.1, 0.15) is 10.4 Å². The summed E-state index contributed by atoms with van der Waals surface area (Å²) >= 11 is 6.12. The van der Waals surface area contributed by atoms with Crippen molar-refractivity contribution in [2.45, 2.75) is 0 Å². The zero-order chi connectivity index (χ0) is 14.7. The molecule has 104 valence electrons. The number of carbonyl (C=O) groups is 1. The molecule has 0 unspecified atom stereocenters. The van der Waals surface area contributed by atoms with E-state index >= 15 is 0 Å². The number of benzene rings is 2. The van der Waals surface area contributed by atoms with Crippen molar-refractivity contribution in [1.29, 1.82) is 0 Å². The van der Waals surface area contributed by atoms with Gasteiger partial charge < -0.3 is 10.2 Å². The number of nitrogens with one attached hydrogen (secondary N) is 1. The fourth-order valence-corrected chi connectivity index (χ4v) is 2.14. The lowest BCUT2D eigenvalue weighted by Crippen LogP contribution is -2.14. The first kappa shape index (κ1) is 14.3. The van der Waals surface area contributed by atoms with Crippen LogP contribution in [0.3, 0.4) is 0 Å². The van der Waals surface area contributed by atoms with Gasteiger partial charge in [-0.05, 0) is 30.3 Å². The monoisotopic (exact) mass is 292 g/mol. The Morgan fingerprint density at radius 3 is 2.50 bits per heavy atom. The van der Waals surface area contributed by atoms with Crippen LogP contribution in [0.4, 0.5) is 15.8 Å². The molecule has 0 aliphatic heterocycles. The molecule has 0 saturated heterocycles. The van der Waals surface area contributed by atoms with Gasteiger partial charge in [-0.1, -0.05) is 23.7 Å². The molecule has 0 aromatic heterocycles. The zero-order valence-corrected chi connectivity index (χ0v) is 11.9. The number of hydrogen-bond acceptors (Lipinski definition) is 2. The molecule has 1 amide bonds. The molecular formula is C15H14ClFN2O. The van der Waals surface area contributed by atoms with E-state index in [-0.39, 0.29) is 5.56 Å². The Labute approximate surface area is 122 Å². The van der Waals surface area contributed by atoms with E-state index < -0.39 is 11.7 Å². The predicted octanol–water partition coefficient (Wildman–Crippen LogP) is 3.80. The number of rotatable bonds is 3. The molecule has 1 N–H and O–H groups in total. The molecule has 0 aliphatic rings. The second-order valence-electron chi connectivity index (χ2n) is 4.49. The Hall–Kier alpha value is -2.07. The van der Waals surface area contributed by atoms with Gasteiger partial charge in [-0.2, -0.15) is 0 Å². The molecule has 5 heteroatoms. The maximum Gasteiger partial charge on any atom is 0.258 e. The molecule has 2 aromatic rings. The largest absolute Gasteiger partial charge is 0.376 e. The van der Waals surface area contributed by atoms with Crippen LogP contribution < -0.4 is 10.2 Å². The fraction of sp³-hybridized carbons (Fsp3) is 0.133. The summed E-state index contributed by atoms with van der Waals surface area (Å²) in [7, 11) is 3.75. The highest BCUT2D eigenvalue weighted by atomic mass is 35.5. The zero-order valence-electron chi connectivity index (χ0n) is 11.2. The highest BCUT2D eigenvalue weighted by Gasteiger charge is 2.12. The van der Waals surface area contributed by atoms with E-state index in [4.69, 9.17) is 11.6 Å². The Morgan fingerprint density at radius 1 is 1.20 bits per heavy atom. The summed E-state index contributed by atoms with van der Waals surface area (Å²) in [5.74, 6) is -1.06. The summed E-state index contributed by atoms with van der Waals surface area (Å²) in [6, 6.07) is 11.0. The first-order valence-corrected chi connectivity index (χ1v) is 6.39. The van der Waals surface area contributed by atoms with E-state index in [0.29, 0.717) is 10.7 Å². The van der Waals surface area contributed by atoms with Crippen molar-refractivity contribution in [3.8, 4) is 0 Å². The van der Waals surface area contributed by atoms with E-state index in [1.54, 1.807) is 24.3 Å². The third-order valence-electron chi connectivity index (χ3n) is 2.81. The smallest absolute Gasteiger partial charge is 0.258 e. The minimum atomic E-state index is -0.555. The molecule has 20 heavy (non-hydrogen) atoms. The maximum atomic E-state index is 13.5. The van der Waals surface area contributed by atoms with Crippen LogP contribution in [0.5, 0.6) is 0 Å². The normalized spacial score (nSPS) is 10.2. The van der Waals surface area contributed by atoms with Crippen LogP contribution >= 0.6 is 11.6 Å². The van der Waals surface area contributed by atoms with Gasteiger partial charge in [-0.25, -0.2) is 4.39 Å². The van der Waals surface area contributed by atoms with Crippen LogP contribution in [0.2, 0.25) is 5.02 Å². The molecular weight excluding hydrogens is 279 g/mol. The average Bonchev–Trinajstić information content (AvgIpc) is 2.38. The topological polar surface area (TPSA) is 32.3 Å². The molecule has 0 aliphatic carbocycles. The molecule has 0 heterocycles. The summed E-state index contributed by atoms with van der Waals surface area (Å²) in [6.45, 7) is 0. The van der Waals surface area contributed by atoms with Crippen LogP contribution in [0.25, 0.3) is 0 Å². The van der Waals surface area contributed by atoms with E-state index in [0.717, 1.165) is 5.69 Å². The average molecular weight is 293 g/mol. The molecule has 0 bridgehead atoms. The Morgan fingerprint density at radius 2 is 1.90 bits per heavy atom. The first-order valence-electron chi connectivity index (χ1n) is 6.02. The number of carbonyl (C=O) groups excluding carboxylic acids is 1. The summed E-state index contributed by atoms with van der Waals surface area (Å²) in [5, 5.41) is 3.14. The third kappa shape index (κ3) is 3.08. The molecule has 0 atom stereocenters. The molecule has 2 rings (SSSR count). The second-order valence-corrected chi connectivity index (χ2v) is 4.90. The van der Waals surface area contributed by atoms with Crippen molar-refractivity contribution in [2.75, 3.05) is 24.3 Å². The van der Waals surface area contributed by atoms with Gasteiger partial charge in [0.1, 0.15) is 5.82 Å². The van der Waals surface area contributed by atoms with Gasteiger partial charge in [-0.3, -0.25) is 4.79 Å². The van der Waals surface area contributed by atoms with Crippen LogP contribution in [-0.2, 0) is 0 Å². The van der Waals surface area contributed by atoms with Gasteiger partial charge in [-0.15, -0.1) is 0 Å². The SMILES string of the molecule is CN(C)c1ccc(NC(=O)c2ccccc2F)cc1Cl. The van der Waals surface area contributed by atoms with Gasteiger partial charge in [0.15, 0.2) is 0 Å². The lowest BCUT2D eigenvalue weighted by molar-refractivity contribution is 0.102. The third-order valence-corrected chi connectivity index (χ3v) is 3.11. The second kappa shape index (κ2) is 5.92. The van der Waals surface area contributed by atoms with Crippen LogP contribution in [0.15, 0.2) is 42.5 Å². The van der Waals surface area contributed by atoms with E-state index in [1.807, 2.05) is 19.0 Å². The molecule has 0 fully saturated rings. The molecule has 0 saturated carbocycles. The number of halogens is 2. The van der Waals surface area contributed by atoms with Crippen molar-refractivity contribution >= 4 is 28.9 Å². The lowest BCUT2D eigenvalue weighted by atomic mass is 10.2. The molecule has 0 spiro atoms. The van der Waals surface area contributed by atoms with Gasteiger partial charge in [0.25, 0.3) is 5.91 Å². The highest BCUT2D eigenvalue weighted by molar-refractivity contribution is 6.33. The summed E-state index contributed by atoms with van der Waals surface area (Å²) in [5.41, 5.74) is 1.37. The molecule has 3 nitrogen and oxygen atoms in total. The van der Waals surface area contributed by atoms with E-state index in [9.17, 15) is 9.18 Å². The van der Waals surface area contributed by atoms with Crippen molar-refractivity contribution in [1.82, 2.24) is 0 Å². The van der Waals surface area contributed by atoms with Gasteiger partial charge >= 0.3 is 0 Å². The molecule has 0 radical (unpaired) electrons. The fourth-order valence-electron chi connectivity index (χ4n) is 1.79. The number of nitrogens with zero attached hydrogens (tertiary/aromatic N) is 1. The minimum absolute atomic E-state index is 0.000286. The summed E-state index contributed by atoms with van der Waals surface area (Å²) in [4.78, 5) is 13.8. The van der Waals surface area contributed by atoms with Crippen molar-refractivity contribution < 1.29 is 9.18 Å². The van der Waals surface area contributed by atoms with Crippen molar-refractivity contribution in [3.05, 3.63) is 58.9 Å². The summed E-state index contributed by atoms with van der Waals surface area (Å²) in [6.07, 6.45) is 0. The van der Waals surface area contributed by atoms with Crippen molar-refractivity contribution in [2.24, 2.45) is 0 Å². The minimum Gasteiger partial charge on any atom is -0.376 e. The first-order chi connectivity index (χ1) is 9.49. The molecule has 2 aromatic carbocycles. The Balaban J connectivity index is 2.21. The Bertz CT molecular complexity index is 644. The lowest BCUT2D eigenvalue weighted by Gasteiger charge is -2.15. The number of hydrogen-bond donors (Lipinski definition) is 1. The van der Waals surface area contributed by atoms with Crippen LogP contribution in [-0.4, -0.2) is 20.0 Å². The predicted molar refractivity (Wildman–Crippen MR) is 80.1 cm³/mol. The standard InChI is InChI=1S/C15H14ClFN2O/c1-19(2)14-8-7-10(9-12(14)16)18-15(20)11-5-3-4-6-13(11)17/h3-9H,1-2H3,(H,18,20). The van der Waals surface area contributed by atoms with Crippen molar-refractivity contribution in [3.63, 3.8) is 0 Å². The number of amides is 1. The Kier molecular flexibility index (Phi) is 4.25. The van der Waals surface area contributed by atoms with E-state index in [1.165, 1.54) is 18.2 Å². The highest BCUT2D eigenvalue weighted by Crippen LogP contribution is 2.27. The van der Waals surface area contributed by atoms with Gasteiger partial charge in [0.2, 0.25) is 0 Å². The summed E-state index contributed by atoms with van der Waals surface area (Å²) < 4.78 is 13.5.